The van der Waals surface area contributed by atoms with Gasteiger partial charge in [-0.1, -0.05) is 25.1 Å². The molecule has 2 aromatic rings. The van der Waals surface area contributed by atoms with Gasteiger partial charge in [-0.25, -0.2) is 0 Å². The molecular weight excluding hydrogens is 415 g/mol. The molecule has 162 valence electrons. The predicted octanol–water partition coefficient (Wildman–Crippen LogP) is 4.39. The van der Waals surface area contributed by atoms with Crippen molar-refractivity contribution in [3.63, 3.8) is 0 Å². The molecule has 0 bridgehead atoms. The summed E-state index contributed by atoms with van der Waals surface area (Å²) < 4.78 is 39.3. The monoisotopic (exact) mass is 439 g/mol. The Hall–Kier alpha value is -2.39. The highest BCUT2D eigenvalue weighted by Crippen LogP contribution is 2.35. The molecule has 1 fully saturated rings. The number of carbonyl (C=O) groups excluding carboxylic acids is 2. The minimum absolute atomic E-state index is 0.0483. The van der Waals surface area contributed by atoms with Crippen LogP contribution in [-0.2, 0) is 15.8 Å². The standard InChI is InChI=1S/C21H24F3N3O2S/c1-2-26(13-19(28)25-16-8-4-3-7-15(16)21(22,23)24)14-20(29)27-11-5-9-17(27)18-10-6-12-30-18/h3-4,6-8,10,12,17H,2,5,9,11,13-14H2,1H3,(H,25,28). The summed E-state index contributed by atoms with van der Waals surface area (Å²) in [5, 5.41) is 4.32. The van der Waals surface area contributed by atoms with E-state index in [0.29, 0.717) is 13.1 Å². The number of anilines is 1. The van der Waals surface area contributed by atoms with Crippen LogP contribution in [0.5, 0.6) is 0 Å². The van der Waals surface area contributed by atoms with Gasteiger partial charge in [-0.3, -0.25) is 14.5 Å². The lowest BCUT2D eigenvalue weighted by Gasteiger charge is -2.27. The molecule has 5 nitrogen and oxygen atoms in total. The van der Waals surface area contributed by atoms with Crippen LogP contribution in [0.2, 0.25) is 0 Å². The summed E-state index contributed by atoms with van der Waals surface area (Å²) in [6.45, 7) is 2.80. The Morgan fingerprint density at radius 2 is 1.97 bits per heavy atom. The van der Waals surface area contributed by atoms with Gasteiger partial charge in [0.1, 0.15) is 0 Å². The van der Waals surface area contributed by atoms with Crippen molar-refractivity contribution >= 4 is 28.8 Å². The molecule has 1 atom stereocenters. The maximum Gasteiger partial charge on any atom is 0.418 e. The fourth-order valence-corrected chi connectivity index (χ4v) is 4.51. The van der Waals surface area contributed by atoms with Crippen molar-refractivity contribution in [3.8, 4) is 0 Å². The fraction of sp³-hybridized carbons (Fsp3) is 0.429. The van der Waals surface area contributed by atoms with Gasteiger partial charge in [0.15, 0.2) is 0 Å². The zero-order valence-corrected chi connectivity index (χ0v) is 17.4. The number of halogens is 3. The Labute approximate surface area is 177 Å². The third-order valence-corrected chi connectivity index (χ3v) is 6.10. The van der Waals surface area contributed by atoms with E-state index in [4.69, 9.17) is 0 Å². The molecule has 2 heterocycles. The number of likely N-dealkylation sites (N-methyl/N-ethyl adjacent to an activating group) is 1. The summed E-state index contributed by atoms with van der Waals surface area (Å²) in [5.74, 6) is -0.658. The molecule has 2 amide bonds. The average Bonchev–Trinajstić information content (AvgIpc) is 3.38. The van der Waals surface area contributed by atoms with Crippen molar-refractivity contribution < 1.29 is 22.8 Å². The molecule has 1 aliphatic rings. The highest BCUT2D eigenvalue weighted by molar-refractivity contribution is 7.10. The normalized spacial score (nSPS) is 16.8. The van der Waals surface area contributed by atoms with Crippen molar-refractivity contribution in [3.05, 3.63) is 52.2 Å². The Kier molecular flexibility index (Phi) is 7.14. The van der Waals surface area contributed by atoms with E-state index in [1.54, 1.807) is 16.2 Å². The first-order chi connectivity index (χ1) is 14.3. The molecule has 3 rings (SSSR count). The van der Waals surface area contributed by atoms with E-state index in [2.05, 4.69) is 5.32 Å². The van der Waals surface area contributed by atoms with Gasteiger partial charge in [0, 0.05) is 11.4 Å². The van der Waals surface area contributed by atoms with Crippen molar-refractivity contribution in [2.75, 3.05) is 31.5 Å². The molecule has 1 unspecified atom stereocenters. The van der Waals surface area contributed by atoms with Crippen LogP contribution in [0.4, 0.5) is 18.9 Å². The van der Waals surface area contributed by atoms with E-state index in [-0.39, 0.29) is 30.7 Å². The van der Waals surface area contributed by atoms with E-state index in [0.717, 1.165) is 23.8 Å². The van der Waals surface area contributed by atoms with Crippen LogP contribution < -0.4 is 5.32 Å². The maximum atomic E-state index is 13.1. The first-order valence-corrected chi connectivity index (χ1v) is 10.7. The molecule has 1 aromatic heterocycles. The minimum Gasteiger partial charge on any atom is -0.334 e. The van der Waals surface area contributed by atoms with Crippen molar-refractivity contribution in [1.82, 2.24) is 9.80 Å². The molecule has 0 aliphatic carbocycles. The summed E-state index contributed by atoms with van der Waals surface area (Å²) in [6, 6.07) is 8.89. The van der Waals surface area contributed by atoms with Gasteiger partial charge in [-0.05, 0) is 43.0 Å². The number of alkyl halides is 3. The second-order valence-electron chi connectivity index (χ2n) is 7.16. The van der Waals surface area contributed by atoms with Crippen LogP contribution in [0.1, 0.15) is 36.2 Å². The van der Waals surface area contributed by atoms with Gasteiger partial charge >= 0.3 is 6.18 Å². The third-order valence-electron chi connectivity index (χ3n) is 5.12. The van der Waals surface area contributed by atoms with Crippen LogP contribution in [-0.4, -0.2) is 47.8 Å². The Morgan fingerprint density at radius 1 is 1.20 bits per heavy atom. The summed E-state index contributed by atoms with van der Waals surface area (Å²) in [5.41, 5.74) is -1.18. The number of thiophene rings is 1. The number of nitrogens with one attached hydrogen (secondary N) is 1. The van der Waals surface area contributed by atoms with E-state index in [1.165, 1.54) is 18.2 Å². The predicted molar refractivity (Wildman–Crippen MR) is 110 cm³/mol. The number of amides is 2. The molecule has 1 aliphatic heterocycles. The van der Waals surface area contributed by atoms with Gasteiger partial charge in [0.05, 0.1) is 30.4 Å². The van der Waals surface area contributed by atoms with Gasteiger partial charge in [-0.15, -0.1) is 11.3 Å². The summed E-state index contributed by atoms with van der Waals surface area (Å²) >= 11 is 1.62. The Bertz CT molecular complexity index is 871. The quantitative estimate of drug-likeness (QED) is 0.696. The zero-order chi connectivity index (χ0) is 21.7. The lowest BCUT2D eigenvalue weighted by molar-refractivity contribution is -0.137. The minimum atomic E-state index is -4.56. The van der Waals surface area contributed by atoms with Crippen molar-refractivity contribution in [2.24, 2.45) is 0 Å². The second-order valence-corrected chi connectivity index (χ2v) is 8.13. The average molecular weight is 440 g/mol. The zero-order valence-electron chi connectivity index (χ0n) is 16.6. The van der Waals surface area contributed by atoms with Crippen molar-refractivity contribution in [1.29, 1.82) is 0 Å². The van der Waals surface area contributed by atoms with E-state index in [9.17, 15) is 22.8 Å². The van der Waals surface area contributed by atoms with E-state index in [1.807, 2.05) is 29.3 Å². The second kappa shape index (κ2) is 9.61. The molecule has 1 aromatic carbocycles. The molecule has 30 heavy (non-hydrogen) atoms. The van der Waals surface area contributed by atoms with E-state index >= 15 is 0 Å². The van der Waals surface area contributed by atoms with Crippen LogP contribution in [0.15, 0.2) is 41.8 Å². The summed E-state index contributed by atoms with van der Waals surface area (Å²) in [6.07, 6.45) is -2.72. The Balaban J connectivity index is 1.60. The number of hydrogen-bond acceptors (Lipinski definition) is 4. The maximum absolute atomic E-state index is 13.1. The third kappa shape index (κ3) is 5.40. The largest absolute Gasteiger partial charge is 0.418 e. The number of benzene rings is 1. The molecule has 0 radical (unpaired) electrons. The van der Waals surface area contributed by atoms with Crippen LogP contribution in [0.25, 0.3) is 0 Å². The van der Waals surface area contributed by atoms with Crippen LogP contribution in [0, 0.1) is 0 Å². The fourth-order valence-electron chi connectivity index (χ4n) is 3.64. The number of carbonyl (C=O) groups is 2. The number of rotatable bonds is 7. The molecule has 1 N–H and O–H groups in total. The molecule has 0 saturated carbocycles. The number of para-hydroxylation sites is 1. The number of nitrogens with zero attached hydrogens (tertiary/aromatic N) is 2. The molecule has 9 heteroatoms. The molecule has 0 spiro atoms. The molecular formula is C21H24F3N3O2S. The highest BCUT2D eigenvalue weighted by atomic mass is 32.1. The topological polar surface area (TPSA) is 52.7 Å². The van der Waals surface area contributed by atoms with Crippen LogP contribution >= 0.6 is 11.3 Å². The summed E-state index contributed by atoms with van der Waals surface area (Å²) in [7, 11) is 0. The lowest BCUT2D eigenvalue weighted by Crippen LogP contribution is -2.42. The van der Waals surface area contributed by atoms with Gasteiger partial charge in [0.25, 0.3) is 0 Å². The van der Waals surface area contributed by atoms with Crippen molar-refractivity contribution in [2.45, 2.75) is 32.0 Å². The van der Waals surface area contributed by atoms with Gasteiger partial charge in [-0.2, -0.15) is 13.2 Å². The van der Waals surface area contributed by atoms with Gasteiger partial charge < -0.3 is 10.2 Å². The smallest absolute Gasteiger partial charge is 0.334 e. The van der Waals surface area contributed by atoms with E-state index < -0.39 is 17.6 Å². The molecule has 1 saturated heterocycles. The van der Waals surface area contributed by atoms with Crippen LogP contribution in [0.3, 0.4) is 0 Å². The lowest BCUT2D eigenvalue weighted by atomic mass is 10.1. The SMILES string of the molecule is CCN(CC(=O)Nc1ccccc1C(F)(F)F)CC(=O)N1CCCC1c1cccs1. The summed E-state index contributed by atoms with van der Waals surface area (Å²) in [4.78, 5) is 29.8. The number of hydrogen-bond donors (Lipinski definition) is 1. The Morgan fingerprint density at radius 3 is 2.63 bits per heavy atom. The van der Waals surface area contributed by atoms with Gasteiger partial charge in [0.2, 0.25) is 11.8 Å². The number of likely N-dealkylation sites (tertiary alicyclic amines) is 1. The first-order valence-electron chi connectivity index (χ1n) is 9.81. The first kappa shape index (κ1) is 22.3. The highest BCUT2D eigenvalue weighted by Gasteiger charge is 2.34.